The number of hydrogen-bond donors (Lipinski definition) is 2. The van der Waals surface area contributed by atoms with E-state index in [2.05, 4.69) is 9.97 Å². The van der Waals surface area contributed by atoms with Gasteiger partial charge in [0.15, 0.2) is 0 Å². The maximum atomic E-state index is 12.1. The Morgan fingerprint density at radius 2 is 2.29 bits per heavy atom. The zero-order chi connectivity index (χ0) is 12.4. The van der Waals surface area contributed by atoms with Crippen molar-refractivity contribution in [1.82, 2.24) is 9.97 Å². The standard InChI is InChI=1S/C10H9ClN4OS/c11-5-1-6(10(13)14-3-5)9(16)7-4-17-8(2-12)15-7/h1,3-4H,2,12H2,(H2,13,14). The van der Waals surface area contributed by atoms with Gasteiger partial charge in [-0.2, -0.15) is 0 Å². The number of nitrogen functional groups attached to an aromatic ring is 1. The van der Waals surface area contributed by atoms with Crippen molar-refractivity contribution < 1.29 is 4.79 Å². The number of halogens is 1. The molecule has 7 heteroatoms. The zero-order valence-corrected chi connectivity index (χ0v) is 10.3. The maximum Gasteiger partial charge on any atom is 0.215 e. The molecule has 0 spiro atoms. The molecule has 88 valence electrons. The number of carbonyl (C=O) groups excluding carboxylic acids is 1. The van der Waals surface area contributed by atoms with Crippen molar-refractivity contribution in [3.05, 3.63) is 38.9 Å². The van der Waals surface area contributed by atoms with E-state index in [4.69, 9.17) is 23.1 Å². The van der Waals surface area contributed by atoms with Crippen LogP contribution in [0.2, 0.25) is 5.02 Å². The van der Waals surface area contributed by atoms with Gasteiger partial charge in [0.05, 0.1) is 10.6 Å². The summed E-state index contributed by atoms with van der Waals surface area (Å²) in [5.74, 6) is -0.157. The molecule has 0 unspecified atom stereocenters. The Morgan fingerprint density at radius 3 is 2.94 bits per heavy atom. The Kier molecular flexibility index (Phi) is 3.37. The zero-order valence-electron chi connectivity index (χ0n) is 8.68. The number of pyridine rings is 1. The van der Waals surface area contributed by atoms with Crippen molar-refractivity contribution in [1.29, 1.82) is 0 Å². The molecule has 0 saturated carbocycles. The van der Waals surface area contributed by atoms with Gasteiger partial charge in [-0.1, -0.05) is 11.6 Å². The average Bonchev–Trinajstić information content (AvgIpc) is 2.80. The van der Waals surface area contributed by atoms with Crippen LogP contribution in [0.15, 0.2) is 17.6 Å². The summed E-state index contributed by atoms with van der Waals surface area (Å²) in [6, 6.07) is 1.48. The molecule has 0 atom stereocenters. The molecule has 0 aliphatic carbocycles. The number of anilines is 1. The van der Waals surface area contributed by atoms with Crippen LogP contribution in [0, 0.1) is 0 Å². The highest BCUT2D eigenvalue weighted by atomic mass is 35.5. The van der Waals surface area contributed by atoms with Gasteiger partial charge in [-0.25, -0.2) is 9.97 Å². The molecule has 2 aromatic heterocycles. The molecule has 0 fully saturated rings. The van der Waals surface area contributed by atoms with Crippen LogP contribution in [0.5, 0.6) is 0 Å². The molecule has 2 rings (SSSR count). The molecule has 0 aliphatic heterocycles. The number of rotatable bonds is 3. The predicted octanol–water partition coefficient (Wildman–Crippen LogP) is 1.46. The first-order valence-corrected chi connectivity index (χ1v) is 5.97. The van der Waals surface area contributed by atoms with Crippen LogP contribution >= 0.6 is 22.9 Å². The molecule has 0 aliphatic rings. The van der Waals surface area contributed by atoms with Crippen molar-refractivity contribution in [3.8, 4) is 0 Å². The topological polar surface area (TPSA) is 94.9 Å². The molecular formula is C10H9ClN4OS. The number of hydrogen-bond acceptors (Lipinski definition) is 6. The lowest BCUT2D eigenvalue weighted by molar-refractivity contribution is 0.103. The quantitative estimate of drug-likeness (QED) is 0.822. The highest BCUT2D eigenvalue weighted by Crippen LogP contribution is 2.20. The average molecular weight is 269 g/mol. The van der Waals surface area contributed by atoms with Crippen LogP contribution in [0.1, 0.15) is 21.1 Å². The van der Waals surface area contributed by atoms with Crippen LogP contribution in [0.4, 0.5) is 5.82 Å². The number of ketones is 1. The third kappa shape index (κ3) is 2.44. The summed E-state index contributed by atoms with van der Waals surface area (Å²) in [4.78, 5) is 20.0. The van der Waals surface area contributed by atoms with E-state index >= 15 is 0 Å². The molecule has 0 saturated heterocycles. The minimum Gasteiger partial charge on any atom is -0.383 e. The number of thiazole rings is 1. The molecule has 0 bridgehead atoms. The van der Waals surface area contributed by atoms with Crippen molar-refractivity contribution in [3.63, 3.8) is 0 Å². The molecule has 5 nitrogen and oxygen atoms in total. The highest BCUT2D eigenvalue weighted by Gasteiger charge is 2.16. The SMILES string of the molecule is NCc1nc(C(=O)c2cc(Cl)cnc2N)cs1. The summed E-state index contributed by atoms with van der Waals surface area (Å²) in [6.07, 6.45) is 1.39. The fourth-order valence-corrected chi connectivity index (χ4v) is 2.09. The normalized spacial score (nSPS) is 10.5. The third-order valence-electron chi connectivity index (χ3n) is 2.09. The first kappa shape index (κ1) is 12.0. The second kappa shape index (κ2) is 4.79. The van der Waals surface area contributed by atoms with E-state index in [-0.39, 0.29) is 17.2 Å². The molecular weight excluding hydrogens is 260 g/mol. The van der Waals surface area contributed by atoms with E-state index in [1.807, 2.05) is 0 Å². The van der Waals surface area contributed by atoms with E-state index < -0.39 is 0 Å². The van der Waals surface area contributed by atoms with Gasteiger partial charge in [0, 0.05) is 18.1 Å². The van der Waals surface area contributed by atoms with E-state index in [0.29, 0.717) is 22.3 Å². The fourth-order valence-electron chi connectivity index (χ4n) is 1.28. The lowest BCUT2D eigenvalue weighted by atomic mass is 10.1. The van der Waals surface area contributed by atoms with Crippen LogP contribution < -0.4 is 11.5 Å². The third-order valence-corrected chi connectivity index (χ3v) is 3.17. The maximum absolute atomic E-state index is 12.1. The Balaban J connectivity index is 2.39. The number of nitrogens with zero attached hydrogens (tertiary/aromatic N) is 2. The van der Waals surface area contributed by atoms with Crippen molar-refractivity contribution in [2.24, 2.45) is 5.73 Å². The first-order valence-electron chi connectivity index (χ1n) is 4.72. The van der Waals surface area contributed by atoms with Crippen LogP contribution in [0.25, 0.3) is 0 Å². The van der Waals surface area contributed by atoms with Gasteiger partial charge in [-0.15, -0.1) is 11.3 Å². The van der Waals surface area contributed by atoms with Gasteiger partial charge in [-0.05, 0) is 6.07 Å². The predicted molar refractivity (Wildman–Crippen MR) is 67.1 cm³/mol. The summed E-state index contributed by atoms with van der Waals surface area (Å²) < 4.78 is 0. The molecule has 0 amide bonds. The van der Waals surface area contributed by atoms with Crippen LogP contribution in [-0.2, 0) is 6.54 Å². The van der Waals surface area contributed by atoms with Gasteiger partial charge in [0.2, 0.25) is 5.78 Å². The van der Waals surface area contributed by atoms with E-state index in [9.17, 15) is 4.79 Å². The molecule has 0 radical (unpaired) electrons. The first-order chi connectivity index (χ1) is 8.11. The largest absolute Gasteiger partial charge is 0.383 e. The van der Waals surface area contributed by atoms with Gasteiger partial charge >= 0.3 is 0 Å². The number of carbonyl (C=O) groups is 1. The summed E-state index contributed by atoms with van der Waals surface area (Å²) in [5, 5.41) is 2.70. The molecule has 0 aromatic carbocycles. The van der Waals surface area contributed by atoms with Crippen molar-refractivity contribution >= 4 is 34.5 Å². The van der Waals surface area contributed by atoms with Crippen LogP contribution in [-0.4, -0.2) is 15.8 Å². The molecule has 2 aromatic rings. The lowest BCUT2D eigenvalue weighted by Crippen LogP contribution is -2.08. The van der Waals surface area contributed by atoms with Gasteiger partial charge in [0.1, 0.15) is 16.5 Å². The highest BCUT2D eigenvalue weighted by molar-refractivity contribution is 7.09. The lowest BCUT2D eigenvalue weighted by Gasteiger charge is -2.01. The minimum atomic E-state index is -0.298. The van der Waals surface area contributed by atoms with Crippen molar-refractivity contribution in [2.45, 2.75) is 6.54 Å². The van der Waals surface area contributed by atoms with Crippen LogP contribution in [0.3, 0.4) is 0 Å². The number of aromatic nitrogens is 2. The second-order valence-corrected chi connectivity index (χ2v) is 4.63. The molecule has 2 heterocycles. The Labute approximate surface area is 106 Å². The summed E-state index contributed by atoms with van der Waals surface area (Å²) in [6.45, 7) is 0.307. The van der Waals surface area contributed by atoms with E-state index in [1.54, 1.807) is 5.38 Å². The fraction of sp³-hybridized carbons (Fsp3) is 0.100. The summed E-state index contributed by atoms with van der Waals surface area (Å²) in [5.41, 5.74) is 11.6. The monoisotopic (exact) mass is 268 g/mol. The van der Waals surface area contributed by atoms with Crippen molar-refractivity contribution in [2.75, 3.05) is 5.73 Å². The summed E-state index contributed by atoms with van der Waals surface area (Å²) in [7, 11) is 0. The molecule has 4 N–H and O–H groups in total. The van der Waals surface area contributed by atoms with E-state index in [1.165, 1.54) is 23.6 Å². The summed E-state index contributed by atoms with van der Waals surface area (Å²) >= 11 is 7.10. The number of nitrogens with two attached hydrogens (primary N) is 2. The Bertz CT molecular complexity index is 569. The minimum absolute atomic E-state index is 0.140. The molecule has 17 heavy (non-hydrogen) atoms. The van der Waals surface area contributed by atoms with Gasteiger partial charge in [-0.3, -0.25) is 4.79 Å². The van der Waals surface area contributed by atoms with Gasteiger partial charge < -0.3 is 11.5 Å². The Morgan fingerprint density at radius 1 is 1.53 bits per heavy atom. The van der Waals surface area contributed by atoms with Gasteiger partial charge in [0.25, 0.3) is 0 Å². The Hall–Kier alpha value is -1.50. The smallest absolute Gasteiger partial charge is 0.215 e. The second-order valence-electron chi connectivity index (χ2n) is 3.25. The van der Waals surface area contributed by atoms with E-state index in [0.717, 1.165) is 0 Å².